The first-order chi connectivity index (χ1) is 9.77. The standard InChI is InChI=1S/C16H24N2O3/c1-10-6-7-12(8-13(10)18(19)20)11(2)17-14-9-15(21-5)16(14,3)4/h6-8,11,14-15,17H,9H2,1-5H3. The molecule has 1 saturated carbocycles. The monoisotopic (exact) mass is 292 g/mol. The maximum atomic E-state index is 11.0. The number of nitro groups is 1. The van der Waals surface area contributed by atoms with Crippen LogP contribution in [0.25, 0.3) is 0 Å². The Bertz CT molecular complexity index is 542. The Morgan fingerprint density at radius 1 is 1.48 bits per heavy atom. The Morgan fingerprint density at radius 3 is 2.67 bits per heavy atom. The minimum atomic E-state index is -0.320. The lowest BCUT2D eigenvalue weighted by atomic mass is 9.64. The fourth-order valence-electron chi connectivity index (χ4n) is 3.06. The van der Waals surface area contributed by atoms with E-state index in [1.54, 1.807) is 20.1 Å². The topological polar surface area (TPSA) is 64.4 Å². The molecule has 0 amide bonds. The van der Waals surface area contributed by atoms with E-state index in [-0.39, 0.29) is 28.2 Å². The molecule has 0 radical (unpaired) electrons. The summed E-state index contributed by atoms with van der Waals surface area (Å²) < 4.78 is 5.46. The fourth-order valence-corrected chi connectivity index (χ4v) is 3.06. The van der Waals surface area contributed by atoms with Crippen LogP contribution in [0.4, 0.5) is 5.69 Å². The van der Waals surface area contributed by atoms with Crippen molar-refractivity contribution in [1.29, 1.82) is 0 Å². The first kappa shape index (κ1) is 15.9. The van der Waals surface area contributed by atoms with Gasteiger partial charge in [0.1, 0.15) is 0 Å². The smallest absolute Gasteiger partial charge is 0.272 e. The van der Waals surface area contributed by atoms with Crippen molar-refractivity contribution in [2.45, 2.75) is 52.3 Å². The first-order valence-corrected chi connectivity index (χ1v) is 7.31. The van der Waals surface area contributed by atoms with Gasteiger partial charge in [0.25, 0.3) is 5.69 Å². The lowest BCUT2D eigenvalue weighted by Crippen LogP contribution is -2.60. The normalized spacial score (nSPS) is 25.2. The molecular formula is C16H24N2O3. The zero-order chi connectivity index (χ0) is 15.8. The van der Waals surface area contributed by atoms with Gasteiger partial charge in [-0.2, -0.15) is 0 Å². The van der Waals surface area contributed by atoms with E-state index in [1.807, 2.05) is 19.1 Å². The van der Waals surface area contributed by atoms with E-state index in [9.17, 15) is 10.1 Å². The third-order valence-corrected chi connectivity index (χ3v) is 4.84. The largest absolute Gasteiger partial charge is 0.381 e. The number of hydrogen-bond acceptors (Lipinski definition) is 4. The molecule has 21 heavy (non-hydrogen) atoms. The third kappa shape index (κ3) is 2.94. The quantitative estimate of drug-likeness (QED) is 0.667. The molecule has 0 heterocycles. The van der Waals surface area contributed by atoms with Crippen molar-refractivity contribution >= 4 is 5.69 Å². The molecule has 1 N–H and O–H groups in total. The predicted molar refractivity (Wildman–Crippen MR) is 82.4 cm³/mol. The molecule has 3 unspecified atom stereocenters. The highest BCUT2D eigenvalue weighted by atomic mass is 16.6. The van der Waals surface area contributed by atoms with Gasteiger partial charge in [-0.05, 0) is 25.8 Å². The van der Waals surface area contributed by atoms with E-state index in [0.717, 1.165) is 12.0 Å². The highest BCUT2D eigenvalue weighted by Crippen LogP contribution is 2.43. The molecule has 1 aliphatic carbocycles. The number of nitrogens with zero attached hydrogens (tertiary/aromatic N) is 1. The first-order valence-electron chi connectivity index (χ1n) is 7.31. The molecule has 0 spiro atoms. The molecule has 0 aromatic heterocycles. The molecule has 2 rings (SSSR count). The molecule has 5 nitrogen and oxygen atoms in total. The zero-order valence-corrected chi connectivity index (χ0v) is 13.3. The highest BCUT2D eigenvalue weighted by molar-refractivity contribution is 5.43. The van der Waals surface area contributed by atoms with Crippen LogP contribution in [-0.2, 0) is 4.74 Å². The van der Waals surface area contributed by atoms with Crippen molar-refractivity contribution in [1.82, 2.24) is 5.32 Å². The Balaban J connectivity index is 2.10. The van der Waals surface area contributed by atoms with E-state index in [2.05, 4.69) is 19.2 Å². The van der Waals surface area contributed by atoms with Gasteiger partial charge in [-0.3, -0.25) is 10.1 Å². The number of rotatable bonds is 5. The molecule has 1 fully saturated rings. The summed E-state index contributed by atoms with van der Waals surface area (Å²) in [6.07, 6.45) is 1.25. The van der Waals surface area contributed by atoms with Crippen LogP contribution in [0.1, 0.15) is 44.4 Å². The summed E-state index contributed by atoms with van der Waals surface area (Å²) in [6.45, 7) is 8.18. The van der Waals surface area contributed by atoms with E-state index >= 15 is 0 Å². The predicted octanol–water partition coefficient (Wildman–Crippen LogP) is 3.37. The molecule has 1 aromatic carbocycles. The summed E-state index contributed by atoms with van der Waals surface area (Å²) in [5.74, 6) is 0. The van der Waals surface area contributed by atoms with Crippen molar-refractivity contribution in [3.8, 4) is 0 Å². The van der Waals surface area contributed by atoms with Crippen molar-refractivity contribution in [3.05, 3.63) is 39.4 Å². The van der Waals surface area contributed by atoms with Crippen LogP contribution in [0.2, 0.25) is 0 Å². The lowest BCUT2D eigenvalue weighted by molar-refractivity contribution is -0.385. The van der Waals surface area contributed by atoms with Crippen LogP contribution in [0.5, 0.6) is 0 Å². The van der Waals surface area contributed by atoms with Crippen LogP contribution in [0.3, 0.4) is 0 Å². The van der Waals surface area contributed by atoms with Crippen molar-refractivity contribution < 1.29 is 9.66 Å². The van der Waals surface area contributed by atoms with E-state index in [4.69, 9.17) is 4.74 Å². The van der Waals surface area contributed by atoms with Crippen LogP contribution < -0.4 is 5.32 Å². The van der Waals surface area contributed by atoms with Gasteiger partial charge in [0.05, 0.1) is 11.0 Å². The Labute approximate surface area is 125 Å². The van der Waals surface area contributed by atoms with Crippen LogP contribution >= 0.6 is 0 Å². The summed E-state index contributed by atoms with van der Waals surface area (Å²) in [5, 5.41) is 14.6. The molecule has 1 aromatic rings. The lowest BCUT2D eigenvalue weighted by Gasteiger charge is -2.52. The minimum Gasteiger partial charge on any atom is -0.381 e. The summed E-state index contributed by atoms with van der Waals surface area (Å²) >= 11 is 0. The maximum Gasteiger partial charge on any atom is 0.272 e. The minimum absolute atomic E-state index is 0.0754. The fraction of sp³-hybridized carbons (Fsp3) is 0.625. The van der Waals surface area contributed by atoms with Crippen LogP contribution in [0, 0.1) is 22.5 Å². The number of methoxy groups -OCH3 is 1. The molecule has 0 saturated heterocycles. The Hall–Kier alpha value is -1.46. The third-order valence-electron chi connectivity index (χ3n) is 4.84. The van der Waals surface area contributed by atoms with E-state index < -0.39 is 0 Å². The zero-order valence-electron chi connectivity index (χ0n) is 13.3. The number of hydrogen-bond donors (Lipinski definition) is 1. The number of benzene rings is 1. The second kappa shape index (κ2) is 5.73. The number of aryl methyl sites for hydroxylation is 1. The second-order valence-electron chi connectivity index (χ2n) is 6.53. The van der Waals surface area contributed by atoms with Crippen LogP contribution in [-0.4, -0.2) is 24.2 Å². The summed E-state index contributed by atoms with van der Waals surface area (Å²) in [4.78, 5) is 10.7. The van der Waals surface area contributed by atoms with Crippen molar-refractivity contribution in [2.75, 3.05) is 7.11 Å². The van der Waals surface area contributed by atoms with Crippen molar-refractivity contribution in [3.63, 3.8) is 0 Å². The molecule has 1 aliphatic rings. The highest BCUT2D eigenvalue weighted by Gasteiger charge is 2.48. The average Bonchev–Trinajstić information content (AvgIpc) is 2.42. The molecule has 5 heteroatoms. The maximum absolute atomic E-state index is 11.0. The molecule has 0 aliphatic heterocycles. The van der Waals surface area contributed by atoms with Crippen molar-refractivity contribution in [2.24, 2.45) is 5.41 Å². The van der Waals surface area contributed by atoms with E-state index in [1.165, 1.54) is 0 Å². The van der Waals surface area contributed by atoms with Gasteiger partial charge >= 0.3 is 0 Å². The number of nitrogens with one attached hydrogen (secondary N) is 1. The summed E-state index contributed by atoms with van der Waals surface area (Å²) in [5.41, 5.74) is 1.91. The Morgan fingerprint density at radius 2 is 2.14 bits per heavy atom. The second-order valence-corrected chi connectivity index (χ2v) is 6.53. The molecule has 116 valence electrons. The number of ether oxygens (including phenoxy) is 1. The van der Waals surface area contributed by atoms with Gasteiger partial charge in [0.15, 0.2) is 0 Å². The molecule has 3 atom stereocenters. The molecule has 0 bridgehead atoms. The Kier molecular flexibility index (Phi) is 4.35. The van der Waals surface area contributed by atoms with Gasteiger partial charge in [-0.25, -0.2) is 0 Å². The van der Waals surface area contributed by atoms with Gasteiger partial charge in [0.2, 0.25) is 0 Å². The summed E-state index contributed by atoms with van der Waals surface area (Å²) in [6, 6.07) is 5.88. The summed E-state index contributed by atoms with van der Waals surface area (Å²) in [7, 11) is 1.75. The van der Waals surface area contributed by atoms with Gasteiger partial charge in [-0.15, -0.1) is 0 Å². The van der Waals surface area contributed by atoms with E-state index in [0.29, 0.717) is 11.6 Å². The SMILES string of the molecule is COC1CC(NC(C)c2ccc(C)c([N+](=O)[O-])c2)C1(C)C. The molecular weight excluding hydrogens is 268 g/mol. The van der Waals surface area contributed by atoms with Gasteiger partial charge in [0, 0.05) is 36.2 Å². The van der Waals surface area contributed by atoms with Gasteiger partial charge in [-0.1, -0.05) is 26.0 Å². The van der Waals surface area contributed by atoms with Gasteiger partial charge < -0.3 is 10.1 Å². The average molecular weight is 292 g/mol. The van der Waals surface area contributed by atoms with Crippen LogP contribution in [0.15, 0.2) is 18.2 Å². The number of nitro benzene ring substituents is 1.